The molecule has 1 N–H and O–H groups in total. The quantitative estimate of drug-likeness (QED) is 0.785. The van der Waals surface area contributed by atoms with Gasteiger partial charge in [0.25, 0.3) is 0 Å². The second-order valence-electron chi connectivity index (χ2n) is 4.24. The summed E-state index contributed by atoms with van der Waals surface area (Å²) in [6, 6.07) is 10.3. The third-order valence-corrected chi connectivity index (χ3v) is 3.26. The Kier molecular flexibility index (Phi) is 3.05. The van der Waals surface area contributed by atoms with E-state index < -0.39 is 0 Å². The van der Waals surface area contributed by atoms with E-state index in [1.165, 1.54) is 5.56 Å². The van der Waals surface area contributed by atoms with Gasteiger partial charge in [-0.2, -0.15) is 0 Å². The topological polar surface area (TPSA) is 29.1 Å². The Balaban J connectivity index is 2.13. The first kappa shape index (κ1) is 10.2. The minimum Gasteiger partial charge on any atom is -0.356 e. The van der Waals surface area contributed by atoms with Crippen LogP contribution in [0.25, 0.3) is 0 Å². The first-order valence-corrected chi connectivity index (χ1v) is 5.61. The fourth-order valence-electron chi connectivity index (χ4n) is 2.26. The number of amides is 1. The molecule has 2 atom stereocenters. The molecule has 2 nitrogen and oxygen atoms in total. The number of hydrogen-bond acceptors (Lipinski definition) is 1. The van der Waals surface area contributed by atoms with Gasteiger partial charge >= 0.3 is 0 Å². The van der Waals surface area contributed by atoms with Crippen LogP contribution in [0, 0.1) is 5.92 Å². The van der Waals surface area contributed by atoms with Crippen LogP contribution in [0.3, 0.4) is 0 Å². The summed E-state index contributed by atoms with van der Waals surface area (Å²) in [5.74, 6) is 0.699. The second-order valence-corrected chi connectivity index (χ2v) is 4.24. The molecule has 15 heavy (non-hydrogen) atoms. The van der Waals surface area contributed by atoms with Crippen molar-refractivity contribution in [2.75, 3.05) is 6.54 Å². The lowest BCUT2D eigenvalue weighted by atomic mass is 9.82. The van der Waals surface area contributed by atoms with E-state index >= 15 is 0 Å². The molecule has 0 aromatic heterocycles. The fourth-order valence-corrected chi connectivity index (χ4v) is 2.26. The average Bonchev–Trinajstić information content (AvgIpc) is 2.30. The summed E-state index contributed by atoms with van der Waals surface area (Å²) in [6.07, 6.45) is 2.12. The zero-order valence-corrected chi connectivity index (χ0v) is 9.07. The van der Waals surface area contributed by atoms with Crippen LogP contribution in [-0.4, -0.2) is 12.5 Å². The van der Waals surface area contributed by atoms with E-state index in [1.54, 1.807) is 0 Å². The van der Waals surface area contributed by atoms with Crippen LogP contribution < -0.4 is 5.32 Å². The number of nitrogens with one attached hydrogen (secondary N) is 1. The highest BCUT2D eigenvalue weighted by atomic mass is 16.1. The molecule has 2 heteroatoms. The molecule has 0 radical (unpaired) electrons. The zero-order valence-electron chi connectivity index (χ0n) is 9.07. The van der Waals surface area contributed by atoms with Crippen molar-refractivity contribution in [1.82, 2.24) is 5.32 Å². The molecule has 0 saturated carbocycles. The van der Waals surface area contributed by atoms with Gasteiger partial charge in [0, 0.05) is 12.5 Å². The van der Waals surface area contributed by atoms with E-state index in [-0.39, 0.29) is 11.8 Å². The minimum atomic E-state index is 0.154. The largest absolute Gasteiger partial charge is 0.356 e. The molecule has 1 amide bonds. The number of benzene rings is 1. The summed E-state index contributed by atoms with van der Waals surface area (Å²) in [7, 11) is 0. The molecule has 2 rings (SSSR count). The number of hydrogen-bond donors (Lipinski definition) is 1. The molecule has 1 fully saturated rings. The summed E-state index contributed by atoms with van der Waals surface area (Å²) < 4.78 is 0. The van der Waals surface area contributed by atoms with Crippen molar-refractivity contribution in [3.63, 3.8) is 0 Å². The molecule has 2 unspecified atom stereocenters. The Hall–Kier alpha value is -1.31. The molecule has 1 aromatic carbocycles. The van der Waals surface area contributed by atoms with Crippen molar-refractivity contribution in [2.24, 2.45) is 5.92 Å². The molecule has 1 saturated heterocycles. The highest BCUT2D eigenvalue weighted by Crippen LogP contribution is 2.29. The van der Waals surface area contributed by atoms with Gasteiger partial charge in [0.2, 0.25) is 5.91 Å². The third-order valence-electron chi connectivity index (χ3n) is 3.26. The van der Waals surface area contributed by atoms with Crippen LogP contribution in [0.15, 0.2) is 30.3 Å². The van der Waals surface area contributed by atoms with Crippen LogP contribution in [0.4, 0.5) is 0 Å². The van der Waals surface area contributed by atoms with Gasteiger partial charge in [-0.15, -0.1) is 0 Å². The summed E-state index contributed by atoms with van der Waals surface area (Å²) in [6.45, 7) is 2.99. The fraction of sp³-hybridized carbons (Fsp3) is 0.462. The summed E-state index contributed by atoms with van der Waals surface area (Å²) in [4.78, 5) is 11.7. The number of piperidine rings is 1. The maximum Gasteiger partial charge on any atom is 0.223 e. The molecular weight excluding hydrogens is 186 g/mol. The van der Waals surface area contributed by atoms with E-state index in [0.717, 1.165) is 19.4 Å². The second kappa shape index (κ2) is 4.47. The predicted octanol–water partition coefficient (Wildman–Crippen LogP) is 2.32. The normalized spacial score (nSPS) is 23.3. The van der Waals surface area contributed by atoms with E-state index in [0.29, 0.717) is 5.92 Å². The maximum absolute atomic E-state index is 11.7. The molecule has 1 aliphatic heterocycles. The Labute approximate surface area is 90.7 Å². The van der Waals surface area contributed by atoms with Gasteiger partial charge in [0.05, 0.1) is 0 Å². The van der Waals surface area contributed by atoms with Gasteiger partial charge in [0.15, 0.2) is 0 Å². The lowest BCUT2D eigenvalue weighted by Gasteiger charge is -2.27. The highest BCUT2D eigenvalue weighted by Gasteiger charge is 2.28. The summed E-state index contributed by atoms with van der Waals surface area (Å²) in [5.41, 5.74) is 1.26. The van der Waals surface area contributed by atoms with Gasteiger partial charge in [-0.05, 0) is 24.3 Å². The number of rotatable bonds is 2. The molecular formula is C13H17NO. The number of carbonyl (C=O) groups is 1. The van der Waals surface area contributed by atoms with Crippen LogP contribution in [0.1, 0.15) is 31.2 Å². The van der Waals surface area contributed by atoms with E-state index in [9.17, 15) is 4.79 Å². The monoisotopic (exact) mass is 203 g/mol. The van der Waals surface area contributed by atoms with Gasteiger partial charge in [0.1, 0.15) is 0 Å². The Morgan fingerprint density at radius 1 is 1.33 bits per heavy atom. The summed E-state index contributed by atoms with van der Waals surface area (Å²) in [5, 5.41) is 2.94. The third kappa shape index (κ3) is 2.20. The highest BCUT2D eigenvalue weighted by molar-refractivity contribution is 5.80. The first-order valence-electron chi connectivity index (χ1n) is 5.61. The van der Waals surface area contributed by atoms with Gasteiger partial charge in [-0.25, -0.2) is 0 Å². The molecule has 1 heterocycles. The van der Waals surface area contributed by atoms with Crippen LogP contribution >= 0.6 is 0 Å². The average molecular weight is 203 g/mol. The van der Waals surface area contributed by atoms with E-state index in [1.807, 2.05) is 18.2 Å². The van der Waals surface area contributed by atoms with E-state index in [2.05, 4.69) is 24.4 Å². The lowest BCUT2D eigenvalue weighted by Crippen LogP contribution is -2.38. The molecule has 1 aliphatic rings. The molecule has 0 spiro atoms. The Bertz CT molecular complexity index is 334. The van der Waals surface area contributed by atoms with Crippen molar-refractivity contribution in [1.29, 1.82) is 0 Å². The zero-order chi connectivity index (χ0) is 10.7. The number of carbonyl (C=O) groups excluding carboxylic acids is 1. The Morgan fingerprint density at radius 3 is 2.73 bits per heavy atom. The first-order chi connectivity index (χ1) is 7.29. The van der Waals surface area contributed by atoms with Crippen LogP contribution in [0.2, 0.25) is 0 Å². The molecule has 1 aromatic rings. The predicted molar refractivity (Wildman–Crippen MR) is 60.6 cm³/mol. The van der Waals surface area contributed by atoms with Gasteiger partial charge in [-0.3, -0.25) is 4.79 Å². The van der Waals surface area contributed by atoms with Crippen molar-refractivity contribution >= 4 is 5.91 Å². The molecule has 0 aliphatic carbocycles. The van der Waals surface area contributed by atoms with Crippen molar-refractivity contribution in [2.45, 2.75) is 25.7 Å². The van der Waals surface area contributed by atoms with E-state index in [4.69, 9.17) is 0 Å². The van der Waals surface area contributed by atoms with Crippen LogP contribution in [-0.2, 0) is 4.79 Å². The standard InChI is InChI=1S/C13H17NO/c1-10(11-6-3-2-4-7-11)12-8-5-9-14-13(12)15/h2-4,6-7,10,12H,5,8-9H2,1H3,(H,14,15). The van der Waals surface area contributed by atoms with Gasteiger partial charge < -0.3 is 5.32 Å². The van der Waals surface area contributed by atoms with Crippen LogP contribution in [0.5, 0.6) is 0 Å². The Morgan fingerprint density at radius 2 is 2.07 bits per heavy atom. The van der Waals surface area contributed by atoms with Crippen molar-refractivity contribution in [3.05, 3.63) is 35.9 Å². The smallest absolute Gasteiger partial charge is 0.223 e. The minimum absolute atomic E-state index is 0.154. The van der Waals surface area contributed by atoms with Crippen molar-refractivity contribution < 1.29 is 4.79 Å². The summed E-state index contributed by atoms with van der Waals surface area (Å²) >= 11 is 0. The SMILES string of the molecule is CC(c1ccccc1)C1CCCNC1=O. The lowest BCUT2D eigenvalue weighted by molar-refractivity contribution is -0.127. The maximum atomic E-state index is 11.7. The molecule has 80 valence electrons. The van der Waals surface area contributed by atoms with Gasteiger partial charge in [-0.1, -0.05) is 37.3 Å². The molecule has 0 bridgehead atoms. The van der Waals surface area contributed by atoms with Crippen molar-refractivity contribution in [3.8, 4) is 0 Å².